The van der Waals surface area contributed by atoms with Crippen molar-refractivity contribution in [2.24, 2.45) is 0 Å². The van der Waals surface area contributed by atoms with Crippen LogP contribution in [0.4, 0.5) is 15.8 Å². The molecule has 3 aromatic rings. The number of aromatic nitrogens is 1. The van der Waals surface area contributed by atoms with E-state index in [1.165, 1.54) is 6.07 Å². The van der Waals surface area contributed by atoms with E-state index in [9.17, 15) is 9.18 Å². The zero-order valence-corrected chi connectivity index (χ0v) is 17.5. The zero-order chi connectivity index (χ0) is 21.3. The highest BCUT2D eigenvalue weighted by atomic mass is 19.1. The van der Waals surface area contributed by atoms with E-state index in [1.54, 1.807) is 12.1 Å². The second-order valence-electron chi connectivity index (χ2n) is 8.04. The summed E-state index contributed by atoms with van der Waals surface area (Å²) in [5, 5.41) is 3.35. The number of carbonyl (C=O) groups is 1. The number of morpholine rings is 1. The van der Waals surface area contributed by atoms with Crippen LogP contribution < -0.4 is 10.2 Å². The van der Waals surface area contributed by atoms with E-state index in [0.717, 1.165) is 30.9 Å². The number of aromatic amines is 1. The monoisotopic (exact) mass is 410 g/mol. The van der Waals surface area contributed by atoms with E-state index in [-0.39, 0.29) is 17.8 Å². The fraction of sp³-hybridized carbons (Fsp3) is 0.348. The molecule has 0 radical (unpaired) electrons. The number of anilines is 2. The minimum atomic E-state index is -0.340. The van der Waals surface area contributed by atoms with Crippen LogP contribution in [0.25, 0.3) is 10.9 Å². The van der Waals surface area contributed by atoms with E-state index in [2.05, 4.69) is 20.1 Å². The van der Waals surface area contributed by atoms with E-state index in [0.29, 0.717) is 28.9 Å². The molecule has 1 amide bonds. The first kappa shape index (κ1) is 20.4. The predicted octanol–water partition coefficient (Wildman–Crippen LogP) is 3.63. The summed E-state index contributed by atoms with van der Waals surface area (Å²) >= 11 is 0. The fourth-order valence-electron chi connectivity index (χ4n) is 3.90. The lowest BCUT2D eigenvalue weighted by Crippen LogP contribution is -2.46. The van der Waals surface area contributed by atoms with Crippen molar-refractivity contribution >= 4 is 28.2 Å². The van der Waals surface area contributed by atoms with Gasteiger partial charge in [-0.05, 0) is 56.9 Å². The summed E-state index contributed by atoms with van der Waals surface area (Å²) in [5.41, 5.74) is 3.62. The van der Waals surface area contributed by atoms with Gasteiger partial charge in [0.25, 0.3) is 5.91 Å². The highest BCUT2D eigenvalue weighted by Crippen LogP contribution is 2.25. The van der Waals surface area contributed by atoms with Gasteiger partial charge in [0, 0.05) is 36.4 Å². The van der Waals surface area contributed by atoms with Gasteiger partial charge in [0.15, 0.2) is 0 Å². The fourth-order valence-corrected chi connectivity index (χ4v) is 3.90. The van der Waals surface area contributed by atoms with Crippen LogP contribution in [0.2, 0.25) is 0 Å². The lowest BCUT2D eigenvalue weighted by molar-refractivity contribution is 0.0248. The summed E-state index contributed by atoms with van der Waals surface area (Å²) in [6.07, 6.45) is 0.150. The number of carbonyl (C=O) groups excluding carboxylic acids is 1. The van der Waals surface area contributed by atoms with Gasteiger partial charge in [-0.25, -0.2) is 4.39 Å². The molecule has 1 aliphatic rings. The van der Waals surface area contributed by atoms with E-state index < -0.39 is 0 Å². The van der Waals surface area contributed by atoms with Crippen LogP contribution >= 0.6 is 0 Å². The lowest BCUT2D eigenvalue weighted by atomic mass is 10.1. The topological polar surface area (TPSA) is 60.6 Å². The molecule has 0 aliphatic carbocycles. The molecule has 1 aliphatic heterocycles. The van der Waals surface area contributed by atoms with Crippen LogP contribution in [0.5, 0.6) is 0 Å². The SMILES string of the molecule is Cc1ccc(F)c2cc(C(=O)Nc3cccc(N4CCOC(CN(C)C)C4)c3)[nH]c12. The molecule has 0 spiro atoms. The molecule has 2 aromatic carbocycles. The van der Waals surface area contributed by atoms with Crippen molar-refractivity contribution in [3.05, 3.63) is 59.5 Å². The molecule has 0 saturated carbocycles. The largest absolute Gasteiger partial charge is 0.373 e. The van der Waals surface area contributed by atoms with Crippen molar-refractivity contribution in [3.63, 3.8) is 0 Å². The van der Waals surface area contributed by atoms with E-state index in [1.807, 2.05) is 45.3 Å². The van der Waals surface area contributed by atoms with Gasteiger partial charge >= 0.3 is 0 Å². The van der Waals surface area contributed by atoms with Gasteiger partial charge in [-0.15, -0.1) is 0 Å². The molecule has 0 bridgehead atoms. The Labute approximate surface area is 175 Å². The number of nitrogens with zero attached hydrogens (tertiary/aromatic N) is 2. The maximum atomic E-state index is 14.1. The number of nitrogens with one attached hydrogen (secondary N) is 2. The van der Waals surface area contributed by atoms with Crippen LogP contribution in [0.3, 0.4) is 0 Å². The summed E-state index contributed by atoms with van der Waals surface area (Å²) in [4.78, 5) is 20.2. The second-order valence-corrected chi connectivity index (χ2v) is 8.04. The Bertz CT molecular complexity index is 1020. The van der Waals surface area contributed by atoms with Gasteiger partial charge < -0.3 is 24.8 Å². The lowest BCUT2D eigenvalue weighted by Gasteiger charge is -2.35. The Morgan fingerprint density at radius 3 is 2.90 bits per heavy atom. The number of rotatable bonds is 5. The molecular formula is C23H27FN4O2. The number of H-pyrrole nitrogens is 1. The summed E-state index contributed by atoms with van der Waals surface area (Å²) in [6.45, 7) is 5.03. The Hall–Kier alpha value is -2.90. The number of amides is 1. The average molecular weight is 410 g/mol. The first-order valence-corrected chi connectivity index (χ1v) is 10.1. The van der Waals surface area contributed by atoms with E-state index in [4.69, 9.17) is 4.74 Å². The molecule has 1 aromatic heterocycles. The quantitative estimate of drug-likeness (QED) is 0.674. The van der Waals surface area contributed by atoms with Crippen LogP contribution in [0, 0.1) is 12.7 Å². The van der Waals surface area contributed by atoms with Crippen molar-refractivity contribution in [3.8, 4) is 0 Å². The average Bonchev–Trinajstić information content (AvgIpc) is 3.18. The van der Waals surface area contributed by atoms with Gasteiger partial charge in [0.1, 0.15) is 11.5 Å². The number of hydrogen-bond donors (Lipinski definition) is 2. The summed E-state index contributed by atoms with van der Waals surface area (Å²) in [5.74, 6) is -0.637. The molecule has 1 saturated heterocycles. The Balaban J connectivity index is 1.50. The van der Waals surface area contributed by atoms with Gasteiger partial charge in [0.2, 0.25) is 0 Å². The summed E-state index contributed by atoms with van der Waals surface area (Å²) in [7, 11) is 4.08. The third-order valence-electron chi connectivity index (χ3n) is 5.37. The number of hydrogen-bond acceptors (Lipinski definition) is 4. The zero-order valence-electron chi connectivity index (χ0n) is 17.5. The molecule has 2 heterocycles. The van der Waals surface area contributed by atoms with Crippen molar-refractivity contribution in [2.75, 3.05) is 50.6 Å². The summed E-state index contributed by atoms with van der Waals surface area (Å²) in [6, 6.07) is 12.5. The molecule has 1 atom stereocenters. The number of aryl methyl sites for hydroxylation is 1. The Morgan fingerprint density at radius 2 is 2.13 bits per heavy atom. The molecule has 30 heavy (non-hydrogen) atoms. The number of benzene rings is 2. The number of ether oxygens (including phenoxy) is 1. The third-order valence-corrected chi connectivity index (χ3v) is 5.37. The van der Waals surface area contributed by atoms with Crippen LogP contribution in [0.15, 0.2) is 42.5 Å². The van der Waals surface area contributed by atoms with Gasteiger partial charge in [-0.3, -0.25) is 4.79 Å². The Kier molecular flexibility index (Phi) is 5.74. The molecule has 4 rings (SSSR count). The van der Waals surface area contributed by atoms with Crippen molar-refractivity contribution in [1.82, 2.24) is 9.88 Å². The van der Waals surface area contributed by atoms with Gasteiger partial charge in [0.05, 0.1) is 18.2 Å². The predicted molar refractivity (Wildman–Crippen MR) is 118 cm³/mol. The van der Waals surface area contributed by atoms with E-state index >= 15 is 0 Å². The van der Waals surface area contributed by atoms with Crippen molar-refractivity contribution in [1.29, 1.82) is 0 Å². The number of halogens is 1. The first-order chi connectivity index (χ1) is 14.4. The molecule has 158 valence electrons. The van der Waals surface area contributed by atoms with Crippen molar-refractivity contribution in [2.45, 2.75) is 13.0 Å². The number of fused-ring (bicyclic) bond motifs is 1. The third kappa shape index (κ3) is 4.32. The molecule has 7 heteroatoms. The number of likely N-dealkylation sites (N-methyl/N-ethyl adjacent to an activating group) is 1. The molecule has 1 unspecified atom stereocenters. The Morgan fingerprint density at radius 1 is 1.30 bits per heavy atom. The maximum absolute atomic E-state index is 14.1. The molecule has 1 fully saturated rings. The van der Waals surface area contributed by atoms with Crippen molar-refractivity contribution < 1.29 is 13.9 Å². The molecule has 6 nitrogen and oxygen atoms in total. The van der Waals surface area contributed by atoms with Crippen LogP contribution in [-0.2, 0) is 4.74 Å². The first-order valence-electron chi connectivity index (χ1n) is 10.1. The van der Waals surface area contributed by atoms with Crippen LogP contribution in [-0.4, -0.2) is 62.2 Å². The normalized spacial score (nSPS) is 17.0. The van der Waals surface area contributed by atoms with Crippen LogP contribution in [0.1, 0.15) is 16.1 Å². The minimum absolute atomic E-state index is 0.150. The van der Waals surface area contributed by atoms with Gasteiger partial charge in [-0.1, -0.05) is 12.1 Å². The molecular weight excluding hydrogens is 383 g/mol. The molecule has 2 N–H and O–H groups in total. The second kappa shape index (κ2) is 8.45. The highest BCUT2D eigenvalue weighted by molar-refractivity contribution is 6.06. The van der Waals surface area contributed by atoms with Gasteiger partial charge in [-0.2, -0.15) is 0 Å². The summed E-state index contributed by atoms with van der Waals surface area (Å²) < 4.78 is 19.9. The maximum Gasteiger partial charge on any atom is 0.272 e. The smallest absolute Gasteiger partial charge is 0.272 e. The standard InChI is InChI=1S/C23H27FN4O2/c1-15-7-8-20(24)19-12-21(26-22(15)19)23(29)25-16-5-4-6-17(11-16)28-9-10-30-18(14-28)13-27(2)3/h4-8,11-12,18,26H,9-10,13-14H2,1-3H3,(H,25,29). The highest BCUT2D eigenvalue weighted by Gasteiger charge is 2.21. The minimum Gasteiger partial charge on any atom is -0.373 e.